The predicted molar refractivity (Wildman–Crippen MR) is 88.1 cm³/mol. The summed E-state index contributed by atoms with van der Waals surface area (Å²) in [4.78, 5) is 6.89. The maximum absolute atomic E-state index is 5.98. The van der Waals surface area contributed by atoms with E-state index in [-0.39, 0.29) is 0 Å². The highest BCUT2D eigenvalue weighted by molar-refractivity contribution is 5.77. The fourth-order valence-electron chi connectivity index (χ4n) is 3.24. The highest BCUT2D eigenvalue weighted by Gasteiger charge is 2.34. The van der Waals surface area contributed by atoms with Crippen LogP contribution >= 0.6 is 0 Å². The van der Waals surface area contributed by atoms with Crippen LogP contribution in [0.1, 0.15) is 58.3 Å². The smallest absolute Gasteiger partial charge is 0.188 e. The molecule has 118 valence electrons. The van der Waals surface area contributed by atoms with Crippen molar-refractivity contribution < 1.29 is 0 Å². The van der Waals surface area contributed by atoms with Crippen LogP contribution in [-0.2, 0) is 0 Å². The zero-order chi connectivity index (χ0) is 14.8. The highest BCUT2D eigenvalue weighted by Crippen LogP contribution is 2.38. The standard InChI is InChI=1S/C16H34N4/c1-4-5-6-9-12-18-15(17)19-13-16(14-20(2)3)10-7-8-11-16/h4-14H2,1-3H3,(H3,17,18,19). The maximum Gasteiger partial charge on any atom is 0.188 e. The van der Waals surface area contributed by atoms with Crippen LogP contribution < -0.4 is 11.1 Å². The van der Waals surface area contributed by atoms with E-state index in [4.69, 9.17) is 5.73 Å². The number of aliphatic imine (C=N–C) groups is 1. The van der Waals surface area contributed by atoms with E-state index in [0.29, 0.717) is 11.4 Å². The Morgan fingerprint density at radius 1 is 1.20 bits per heavy atom. The van der Waals surface area contributed by atoms with E-state index >= 15 is 0 Å². The van der Waals surface area contributed by atoms with Gasteiger partial charge >= 0.3 is 0 Å². The Hall–Kier alpha value is -0.770. The zero-order valence-electron chi connectivity index (χ0n) is 13.7. The van der Waals surface area contributed by atoms with Crippen molar-refractivity contribution in [1.29, 1.82) is 0 Å². The van der Waals surface area contributed by atoms with E-state index in [1.165, 1.54) is 51.4 Å². The van der Waals surface area contributed by atoms with Gasteiger partial charge in [-0.1, -0.05) is 39.0 Å². The van der Waals surface area contributed by atoms with Crippen LogP contribution in [0.5, 0.6) is 0 Å². The van der Waals surface area contributed by atoms with E-state index in [0.717, 1.165) is 19.6 Å². The molecule has 0 atom stereocenters. The van der Waals surface area contributed by atoms with Crippen molar-refractivity contribution in [3.05, 3.63) is 0 Å². The van der Waals surface area contributed by atoms with E-state index in [9.17, 15) is 0 Å². The molecule has 0 bridgehead atoms. The molecule has 0 aromatic heterocycles. The quantitative estimate of drug-likeness (QED) is 0.388. The van der Waals surface area contributed by atoms with Gasteiger partial charge in [0.25, 0.3) is 0 Å². The van der Waals surface area contributed by atoms with Crippen molar-refractivity contribution in [3.8, 4) is 0 Å². The molecule has 4 nitrogen and oxygen atoms in total. The van der Waals surface area contributed by atoms with Gasteiger partial charge in [-0.15, -0.1) is 0 Å². The van der Waals surface area contributed by atoms with Crippen LogP contribution in [0.3, 0.4) is 0 Å². The van der Waals surface area contributed by atoms with E-state index < -0.39 is 0 Å². The van der Waals surface area contributed by atoms with E-state index in [1.54, 1.807) is 0 Å². The Kier molecular flexibility index (Phi) is 7.97. The molecule has 1 saturated carbocycles. The van der Waals surface area contributed by atoms with Gasteiger partial charge in [-0.2, -0.15) is 0 Å². The summed E-state index contributed by atoms with van der Waals surface area (Å²) in [5.74, 6) is 0.631. The second-order valence-electron chi connectivity index (χ2n) is 6.63. The molecule has 3 N–H and O–H groups in total. The monoisotopic (exact) mass is 282 g/mol. The first kappa shape index (κ1) is 17.3. The van der Waals surface area contributed by atoms with Crippen LogP contribution in [-0.4, -0.2) is 44.6 Å². The molecule has 4 heteroatoms. The molecule has 0 aromatic rings. The van der Waals surface area contributed by atoms with Gasteiger partial charge in [-0.3, -0.25) is 4.99 Å². The lowest BCUT2D eigenvalue weighted by Crippen LogP contribution is -2.37. The maximum atomic E-state index is 5.98. The normalized spacial score (nSPS) is 18.7. The SMILES string of the molecule is CCCCCCNC(N)=NCC1(CN(C)C)CCCC1. The first-order valence-electron chi connectivity index (χ1n) is 8.26. The fraction of sp³-hybridized carbons (Fsp3) is 0.938. The Labute approximate surface area is 125 Å². The molecule has 0 spiro atoms. The lowest BCUT2D eigenvalue weighted by atomic mass is 9.86. The van der Waals surface area contributed by atoms with Crippen LogP contribution in [0, 0.1) is 5.41 Å². The van der Waals surface area contributed by atoms with Crippen molar-refractivity contribution in [3.63, 3.8) is 0 Å². The summed E-state index contributed by atoms with van der Waals surface area (Å²) in [6, 6.07) is 0. The number of unbranched alkanes of at least 4 members (excludes halogenated alkanes) is 3. The number of nitrogens with two attached hydrogens (primary N) is 1. The van der Waals surface area contributed by atoms with Crippen LogP contribution in [0.2, 0.25) is 0 Å². The number of hydrogen-bond donors (Lipinski definition) is 2. The molecule has 0 heterocycles. The second kappa shape index (κ2) is 9.22. The molecule has 1 fully saturated rings. The van der Waals surface area contributed by atoms with Gasteiger partial charge in [-0.25, -0.2) is 0 Å². The first-order chi connectivity index (χ1) is 9.58. The lowest BCUT2D eigenvalue weighted by molar-refractivity contribution is 0.210. The van der Waals surface area contributed by atoms with E-state index in [1.807, 2.05) is 0 Å². The minimum absolute atomic E-state index is 0.359. The summed E-state index contributed by atoms with van der Waals surface area (Å²) in [5.41, 5.74) is 6.34. The molecule has 1 aliphatic rings. The fourth-order valence-corrected chi connectivity index (χ4v) is 3.24. The Bertz CT molecular complexity index is 280. The third-order valence-corrected chi connectivity index (χ3v) is 4.24. The first-order valence-corrected chi connectivity index (χ1v) is 8.26. The highest BCUT2D eigenvalue weighted by atomic mass is 15.1. The summed E-state index contributed by atoms with van der Waals surface area (Å²) in [6.45, 7) is 5.18. The van der Waals surface area contributed by atoms with E-state index in [2.05, 4.69) is 36.2 Å². The van der Waals surface area contributed by atoms with Gasteiger partial charge < -0.3 is 16.0 Å². The Morgan fingerprint density at radius 2 is 1.90 bits per heavy atom. The van der Waals surface area contributed by atoms with Crippen LogP contribution in [0.25, 0.3) is 0 Å². The molecular weight excluding hydrogens is 248 g/mol. The van der Waals surface area contributed by atoms with Crippen molar-refractivity contribution in [2.24, 2.45) is 16.1 Å². The molecule has 0 amide bonds. The topological polar surface area (TPSA) is 53.6 Å². The Balaban J connectivity index is 2.31. The van der Waals surface area contributed by atoms with Crippen molar-refractivity contribution in [2.45, 2.75) is 58.3 Å². The predicted octanol–water partition coefficient (Wildman–Crippen LogP) is 2.59. The number of nitrogens with zero attached hydrogens (tertiary/aromatic N) is 2. The van der Waals surface area contributed by atoms with Gasteiger partial charge in [-0.05, 0) is 33.4 Å². The van der Waals surface area contributed by atoms with Crippen LogP contribution in [0.15, 0.2) is 4.99 Å². The third-order valence-electron chi connectivity index (χ3n) is 4.24. The minimum Gasteiger partial charge on any atom is -0.370 e. The van der Waals surface area contributed by atoms with Crippen molar-refractivity contribution >= 4 is 5.96 Å². The summed E-state index contributed by atoms with van der Waals surface area (Å²) in [6.07, 6.45) is 10.3. The summed E-state index contributed by atoms with van der Waals surface area (Å²) in [7, 11) is 4.30. The summed E-state index contributed by atoms with van der Waals surface area (Å²) < 4.78 is 0. The van der Waals surface area contributed by atoms with Gasteiger partial charge in [0.15, 0.2) is 5.96 Å². The van der Waals surface area contributed by atoms with Gasteiger partial charge in [0.1, 0.15) is 0 Å². The molecule has 20 heavy (non-hydrogen) atoms. The Morgan fingerprint density at radius 3 is 2.50 bits per heavy atom. The lowest BCUT2D eigenvalue weighted by Gasteiger charge is -2.30. The number of hydrogen-bond acceptors (Lipinski definition) is 2. The largest absolute Gasteiger partial charge is 0.370 e. The van der Waals surface area contributed by atoms with Crippen LogP contribution in [0.4, 0.5) is 0 Å². The molecule has 1 aliphatic carbocycles. The van der Waals surface area contributed by atoms with Crippen molar-refractivity contribution in [1.82, 2.24) is 10.2 Å². The number of rotatable bonds is 9. The molecule has 0 saturated heterocycles. The second-order valence-corrected chi connectivity index (χ2v) is 6.63. The molecular formula is C16H34N4. The molecule has 1 rings (SSSR count). The number of guanidine groups is 1. The average molecular weight is 282 g/mol. The van der Waals surface area contributed by atoms with Crippen molar-refractivity contribution in [2.75, 3.05) is 33.7 Å². The molecule has 0 radical (unpaired) electrons. The van der Waals surface area contributed by atoms with Gasteiger partial charge in [0.2, 0.25) is 0 Å². The molecule has 0 unspecified atom stereocenters. The molecule has 0 aromatic carbocycles. The van der Waals surface area contributed by atoms with Gasteiger partial charge in [0, 0.05) is 25.0 Å². The zero-order valence-corrected chi connectivity index (χ0v) is 13.7. The average Bonchev–Trinajstić information content (AvgIpc) is 2.84. The third kappa shape index (κ3) is 6.60. The summed E-state index contributed by atoms with van der Waals surface area (Å²) in [5, 5.41) is 3.25. The van der Waals surface area contributed by atoms with Gasteiger partial charge in [0.05, 0.1) is 0 Å². The summed E-state index contributed by atoms with van der Waals surface area (Å²) >= 11 is 0. The minimum atomic E-state index is 0.359. The number of nitrogens with one attached hydrogen (secondary N) is 1. The molecule has 0 aliphatic heterocycles.